The fourth-order valence-corrected chi connectivity index (χ4v) is 10.3. The first-order valence-corrected chi connectivity index (χ1v) is 18.8. The molecule has 0 bridgehead atoms. The summed E-state index contributed by atoms with van der Waals surface area (Å²) in [5, 5.41) is 49.1. The average molecular weight is 744 g/mol. The van der Waals surface area contributed by atoms with Crippen LogP contribution < -0.4 is 21.3 Å². The quantitative estimate of drug-likeness (QED) is 0.0606. The molecular weight excluding hydrogens is 694 g/mol. The molecule has 0 saturated heterocycles. The summed E-state index contributed by atoms with van der Waals surface area (Å²) < 4.78 is 5.56. The lowest BCUT2D eigenvalue weighted by atomic mass is 9.61. The highest BCUT2D eigenvalue weighted by atomic mass is 32.2. The molecule has 0 aromatic carbocycles. The number of carboxylic acid groups (broad SMARTS) is 2. The number of nitrogens with one attached hydrogen (secondary N) is 4. The van der Waals surface area contributed by atoms with Crippen molar-refractivity contribution in [2.75, 3.05) is 19.5 Å². The predicted octanol–water partition coefficient (Wildman–Crippen LogP) is 1.56. The molecule has 8 N–H and O–H groups in total. The van der Waals surface area contributed by atoms with E-state index < -0.39 is 65.3 Å². The van der Waals surface area contributed by atoms with Gasteiger partial charge in [0.1, 0.15) is 17.7 Å². The van der Waals surface area contributed by atoms with Crippen molar-refractivity contribution < 1.29 is 49.1 Å². The molecule has 0 radical (unpaired) electrons. The van der Waals surface area contributed by atoms with Crippen LogP contribution in [0.15, 0.2) is 47.5 Å². The first-order chi connectivity index (χ1) is 24.8. The number of carboxylic acids is 2. The van der Waals surface area contributed by atoms with Crippen molar-refractivity contribution in [2.24, 2.45) is 17.3 Å². The number of esters is 1. The van der Waals surface area contributed by atoms with E-state index in [-0.39, 0.29) is 29.7 Å². The second-order valence-electron chi connectivity index (χ2n) is 14.2. The molecule has 1 saturated carbocycles. The lowest BCUT2D eigenvalue weighted by Crippen LogP contribution is -2.56. The number of rotatable bonds is 18. The average Bonchev–Trinajstić information content (AvgIpc) is 3.75. The van der Waals surface area contributed by atoms with Gasteiger partial charge in [-0.1, -0.05) is 31.4 Å². The molecule has 1 aliphatic heterocycles. The summed E-state index contributed by atoms with van der Waals surface area (Å²) in [5.41, 5.74) is 0.535. The van der Waals surface area contributed by atoms with E-state index in [2.05, 4.69) is 27.9 Å². The van der Waals surface area contributed by atoms with Crippen LogP contribution in [0.25, 0.3) is 0 Å². The Hall–Kier alpha value is -3.83. The molecule has 2 heterocycles. The van der Waals surface area contributed by atoms with Gasteiger partial charge < -0.3 is 41.1 Å². The van der Waals surface area contributed by atoms with Gasteiger partial charge in [-0.2, -0.15) is 0 Å². The zero-order valence-corrected chi connectivity index (χ0v) is 30.3. The maximum Gasteiger partial charge on any atom is 0.353 e. The first-order valence-electron chi connectivity index (χ1n) is 17.8. The second-order valence-corrected chi connectivity index (χ2v) is 15.5. The maximum atomic E-state index is 13.7. The van der Waals surface area contributed by atoms with Crippen LogP contribution in [-0.4, -0.2) is 97.3 Å². The number of thioether (sulfide) groups is 1. The number of carbonyl (C=O) groups excluding carboxylic acids is 3. The Balaban J connectivity index is 1.45. The smallest absolute Gasteiger partial charge is 0.353 e. The number of nitrogens with zero attached hydrogens (tertiary/aromatic N) is 1. The molecule has 4 aliphatic rings. The molecule has 3 aliphatic carbocycles. The van der Waals surface area contributed by atoms with Crippen molar-refractivity contribution in [2.45, 2.75) is 100 Å². The third-order valence-corrected chi connectivity index (χ3v) is 13.0. The molecule has 1 fully saturated rings. The summed E-state index contributed by atoms with van der Waals surface area (Å²) in [6.07, 6.45) is 9.67. The monoisotopic (exact) mass is 743 g/mol. The Bertz CT molecular complexity index is 1600. The summed E-state index contributed by atoms with van der Waals surface area (Å²) in [7, 11) is 1.54. The molecule has 1 aromatic heterocycles. The van der Waals surface area contributed by atoms with Gasteiger partial charge in [0, 0.05) is 37.7 Å². The van der Waals surface area contributed by atoms with Crippen LogP contribution in [0.4, 0.5) is 0 Å². The van der Waals surface area contributed by atoms with Gasteiger partial charge in [-0.25, -0.2) is 9.59 Å². The lowest BCUT2D eigenvalue weighted by molar-refractivity contribution is -0.164. The Labute approximate surface area is 306 Å². The van der Waals surface area contributed by atoms with Crippen LogP contribution >= 0.6 is 11.8 Å². The zero-order chi connectivity index (χ0) is 37.7. The highest BCUT2D eigenvalue weighted by Crippen LogP contribution is 2.66. The molecule has 16 heteroatoms. The molecule has 1 aromatic rings. The largest absolute Gasteiger partial charge is 0.478 e. The van der Waals surface area contributed by atoms with Crippen molar-refractivity contribution in [3.63, 3.8) is 0 Å². The highest BCUT2D eigenvalue weighted by molar-refractivity contribution is 8.01. The van der Waals surface area contributed by atoms with E-state index in [4.69, 9.17) is 4.74 Å². The summed E-state index contributed by atoms with van der Waals surface area (Å²) in [6, 6.07) is 2.56. The summed E-state index contributed by atoms with van der Waals surface area (Å²) >= 11 is 1.41. The van der Waals surface area contributed by atoms with Gasteiger partial charge in [0.05, 0.1) is 4.75 Å². The number of hydrogen-bond donors (Lipinski definition) is 8. The Morgan fingerprint density at radius 1 is 1.12 bits per heavy atom. The third kappa shape index (κ3) is 8.05. The van der Waals surface area contributed by atoms with Gasteiger partial charge in [-0.15, -0.1) is 11.8 Å². The zero-order valence-electron chi connectivity index (χ0n) is 29.5. The van der Waals surface area contributed by atoms with Crippen LogP contribution in [0.5, 0.6) is 0 Å². The molecule has 0 spiro atoms. The van der Waals surface area contributed by atoms with E-state index in [0.29, 0.717) is 18.6 Å². The fraction of sp³-hybridized carbons (Fsp3) is 0.611. The van der Waals surface area contributed by atoms with Gasteiger partial charge in [0.2, 0.25) is 23.8 Å². The minimum absolute atomic E-state index is 0.0631. The van der Waals surface area contributed by atoms with Crippen LogP contribution in [-0.2, 0) is 35.1 Å². The molecule has 52 heavy (non-hydrogen) atoms. The van der Waals surface area contributed by atoms with Gasteiger partial charge in [-0.05, 0) is 86.6 Å². The SMILES string of the molecule is CCC1([C@]2(SC[C@H](NC(=O)CC[C@](O)(NCNC)C(=O)O)C(=O)N[C@@H](O)C(=O)O)CC[C@H]3CC(Cc4ccncc4)=C[C@H]4C(=O)OC2=C34)CCCC1. The number of hydrogen-bond acceptors (Lipinski definition) is 12. The van der Waals surface area contributed by atoms with Crippen LogP contribution in [0.2, 0.25) is 0 Å². The topological polar surface area (TPSA) is 237 Å². The fourth-order valence-electron chi connectivity index (χ4n) is 8.44. The Morgan fingerprint density at radius 2 is 1.83 bits per heavy atom. The van der Waals surface area contributed by atoms with E-state index in [0.717, 1.165) is 56.1 Å². The maximum absolute atomic E-state index is 13.7. The van der Waals surface area contributed by atoms with Crippen molar-refractivity contribution in [1.82, 2.24) is 26.3 Å². The highest BCUT2D eigenvalue weighted by Gasteiger charge is 2.61. The molecular formula is C36H49N5O10S. The van der Waals surface area contributed by atoms with Gasteiger partial charge >= 0.3 is 17.9 Å². The molecule has 15 nitrogen and oxygen atoms in total. The summed E-state index contributed by atoms with van der Waals surface area (Å²) in [6.45, 7) is 2.06. The number of pyridine rings is 1. The number of ether oxygens (including phenoxy) is 1. The van der Waals surface area contributed by atoms with E-state index in [1.807, 2.05) is 23.5 Å². The Morgan fingerprint density at radius 3 is 2.46 bits per heavy atom. The number of aliphatic hydroxyl groups is 2. The van der Waals surface area contributed by atoms with Crippen molar-refractivity contribution in [3.8, 4) is 0 Å². The van der Waals surface area contributed by atoms with Crippen LogP contribution in [0.1, 0.15) is 76.7 Å². The summed E-state index contributed by atoms with van der Waals surface area (Å²) in [5.74, 6) is -5.19. The second kappa shape index (κ2) is 16.5. The minimum atomic E-state index is -2.44. The van der Waals surface area contributed by atoms with Crippen LogP contribution in [0, 0.1) is 17.3 Å². The van der Waals surface area contributed by atoms with Crippen molar-refractivity contribution >= 4 is 41.5 Å². The predicted molar refractivity (Wildman–Crippen MR) is 189 cm³/mol. The van der Waals surface area contributed by atoms with Crippen molar-refractivity contribution in [3.05, 3.63) is 53.1 Å². The molecule has 6 atom stereocenters. The van der Waals surface area contributed by atoms with Gasteiger partial charge in [0.15, 0.2) is 0 Å². The number of aliphatic hydroxyl groups excluding tert-OH is 1. The molecule has 5 rings (SSSR count). The standard InChI is InChI=1S/C36H49N5O10S/c1-3-34(10-4-5-11-34)35(12-6-23-17-22(16-21-8-14-38-15-9-21)18-24-27(23)28(35)51-32(24)47)52-19-25(29(43)41-30(44)31(45)46)40-26(42)7-13-36(50,33(48)49)39-20-37-2/h8-9,14-15,18,23-25,30,37,39,44,50H,3-7,10-13,16-17,19-20H2,1-2H3,(H,40,42)(H,41,43)(H,45,46)(H,48,49)/t23-,24+,25-,30-,35-,36+/m0/s1. The number of aromatic nitrogens is 1. The Kier molecular flexibility index (Phi) is 12.5. The number of allylic oxidation sites excluding steroid dienone is 1. The number of amides is 2. The van der Waals surface area contributed by atoms with E-state index in [9.17, 15) is 44.4 Å². The minimum Gasteiger partial charge on any atom is -0.478 e. The van der Waals surface area contributed by atoms with E-state index in [1.165, 1.54) is 24.4 Å². The van der Waals surface area contributed by atoms with Crippen LogP contribution in [0.3, 0.4) is 0 Å². The molecule has 2 amide bonds. The van der Waals surface area contributed by atoms with Crippen molar-refractivity contribution in [1.29, 1.82) is 0 Å². The third-order valence-electron chi connectivity index (χ3n) is 11.2. The lowest BCUT2D eigenvalue weighted by Gasteiger charge is -2.52. The van der Waals surface area contributed by atoms with E-state index in [1.54, 1.807) is 12.4 Å². The number of aliphatic carboxylic acids is 2. The van der Waals surface area contributed by atoms with E-state index >= 15 is 0 Å². The normalized spacial score (nSPS) is 25.6. The summed E-state index contributed by atoms with van der Waals surface area (Å²) in [4.78, 5) is 67.7. The number of carbonyl (C=O) groups is 5. The molecule has 284 valence electrons. The first kappa shape index (κ1) is 39.4. The van der Waals surface area contributed by atoms with Gasteiger partial charge in [0.25, 0.3) is 0 Å². The van der Waals surface area contributed by atoms with Gasteiger partial charge in [-0.3, -0.25) is 24.7 Å². The molecule has 0 unspecified atom stereocenters.